The Labute approximate surface area is 176 Å². The maximum atomic E-state index is 13.5. The van der Waals surface area contributed by atoms with E-state index in [9.17, 15) is 27.2 Å². The fourth-order valence-corrected chi connectivity index (χ4v) is 3.13. The Morgan fingerprint density at radius 1 is 1.00 bits per heavy atom. The Balaban J connectivity index is 1.47. The number of hydrogen-bond donors (Lipinski definition) is 0. The summed E-state index contributed by atoms with van der Waals surface area (Å²) in [4.78, 5) is 27.3. The first-order chi connectivity index (χ1) is 14.7. The van der Waals surface area contributed by atoms with Gasteiger partial charge in [-0.05, 0) is 30.3 Å². The van der Waals surface area contributed by atoms with Gasteiger partial charge < -0.3 is 14.5 Å². The molecule has 1 heterocycles. The summed E-state index contributed by atoms with van der Waals surface area (Å²) >= 11 is 0. The SMILES string of the molecule is O=C(/C=C/c1ccccc1F)OCC(=O)N1CCN(c2cccc(C(F)(F)F)c2)CC1. The van der Waals surface area contributed by atoms with Crippen LogP contribution >= 0.6 is 0 Å². The van der Waals surface area contributed by atoms with E-state index in [4.69, 9.17) is 4.74 Å². The van der Waals surface area contributed by atoms with Gasteiger partial charge in [-0.1, -0.05) is 24.3 Å². The highest BCUT2D eigenvalue weighted by Crippen LogP contribution is 2.31. The van der Waals surface area contributed by atoms with Crippen LogP contribution in [0.5, 0.6) is 0 Å². The molecule has 0 spiro atoms. The second-order valence-corrected chi connectivity index (χ2v) is 6.88. The summed E-state index contributed by atoms with van der Waals surface area (Å²) in [6, 6.07) is 10.9. The molecule has 1 amide bonds. The van der Waals surface area contributed by atoms with Gasteiger partial charge in [-0.3, -0.25) is 4.79 Å². The van der Waals surface area contributed by atoms with Gasteiger partial charge in [0.2, 0.25) is 0 Å². The number of ether oxygens (including phenoxy) is 1. The highest BCUT2D eigenvalue weighted by atomic mass is 19.4. The molecule has 164 valence electrons. The number of anilines is 1. The van der Waals surface area contributed by atoms with Gasteiger partial charge in [0.05, 0.1) is 5.56 Å². The first kappa shape index (κ1) is 22.3. The number of benzene rings is 2. The molecule has 1 fully saturated rings. The number of piperazine rings is 1. The summed E-state index contributed by atoms with van der Waals surface area (Å²) in [5.74, 6) is -1.67. The first-order valence-electron chi connectivity index (χ1n) is 9.53. The number of carbonyl (C=O) groups excluding carboxylic acids is 2. The van der Waals surface area contributed by atoms with E-state index in [-0.39, 0.29) is 18.7 Å². The smallest absolute Gasteiger partial charge is 0.416 e. The van der Waals surface area contributed by atoms with Gasteiger partial charge in [-0.2, -0.15) is 13.2 Å². The van der Waals surface area contributed by atoms with Crippen molar-refractivity contribution >= 4 is 23.6 Å². The topological polar surface area (TPSA) is 49.9 Å². The molecule has 0 aliphatic carbocycles. The van der Waals surface area contributed by atoms with Crippen molar-refractivity contribution in [1.82, 2.24) is 4.90 Å². The van der Waals surface area contributed by atoms with Crippen LogP contribution in [-0.2, 0) is 20.5 Å². The van der Waals surface area contributed by atoms with Crippen LogP contribution in [0, 0.1) is 5.82 Å². The lowest BCUT2D eigenvalue weighted by Crippen LogP contribution is -2.49. The molecule has 31 heavy (non-hydrogen) atoms. The van der Waals surface area contributed by atoms with Crippen LogP contribution in [0.1, 0.15) is 11.1 Å². The highest BCUT2D eigenvalue weighted by Gasteiger charge is 2.31. The predicted molar refractivity (Wildman–Crippen MR) is 107 cm³/mol. The van der Waals surface area contributed by atoms with Crippen molar-refractivity contribution < 1.29 is 31.9 Å². The Bertz CT molecular complexity index is 967. The Morgan fingerprint density at radius 2 is 1.71 bits per heavy atom. The van der Waals surface area contributed by atoms with E-state index >= 15 is 0 Å². The zero-order valence-electron chi connectivity index (χ0n) is 16.4. The Hall–Kier alpha value is -3.36. The van der Waals surface area contributed by atoms with Gasteiger partial charge in [0, 0.05) is 43.5 Å². The van der Waals surface area contributed by atoms with E-state index < -0.39 is 36.0 Å². The summed E-state index contributed by atoms with van der Waals surface area (Å²) in [7, 11) is 0. The lowest BCUT2D eigenvalue weighted by Gasteiger charge is -2.36. The number of halogens is 4. The van der Waals surface area contributed by atoms with Crippen LogP contribution < -0.4 is 4.90 Å². The highest BCUT2D eigenvalue weighted by molar-refractivity contribution is 5.89. The fraction of sp³-hybridized carbons (Fsp3) is 0.273. The second kappa shape index (κ2) is 9.63. The van der Waals surface area contributed by atoms with Gasteiger partial charge >= 0.3 is 12.1 Å². The molecule has 0 saturated carbocycles. The third kappa shape index (κ3) is 6.07. The summed E-state index contributed by atoms with van der Waals surface area (Å²) in [5.41, 5.74) is -0.0676. The molecule has 0 aromatic heterocycles. The van der Waals surface area contributed by atoms with Crippen molar-refractivity contribution in [3.8, 4) is 0 Å². The second-order valence-electron chi connectivity index (χ2n) is 6.88. The average Bonchev–Trinajstić information content (AvgIpc) is 2.76. The molecule has 2 aromatic carbocycles. The van der Waals surface area contributed by atoms with E-state index in [1.807, 2.05) is 0 Å². The van der Waals surface area contributed by atoms with Crippen LogP contribution in [-0.4, -0.2) is 49.6 Å². The standard InChI is InChI=1S/C22H20F4N2O3/c23-19-7-2-1-4-16(19)8-9-21(30)31-15-20(29)28-12-10-27(11-13-28)18-6-3-5-17(14-18)22(24,25)26/h1-9,14H,10-13,15H2/b9-8+. The number of carbonyl (C=O) groups is 2. The summed E-state index contributed by atoms with van der Waals surface area (Å²) < 4.78 is 57.1. The molecule has 0 N–H and O–H groups in total. The molecule has 1 saturated heterocycles. The van der Waals surface area contributed by atoms with Crippen molar-refractivity contribution in [2.75, 3.05) is 37.7 Å². The molecule has 0 bridgehead atoms. The van der Waals surface area contributed by atoms with Crippen molar-refractivity contribution in [1.29, 1.82) is 0 Å². The minimum absolute atomic E-state index is 0.219. The molecule has 5 nitrogen and oxygen atoms in total. The van der Waals surface area contributed by atoms with Gasteiger partial charge in [-0.15, -0.1) is 0 Å². The molecule has 0 radical (unpaired) electrons. The third-order valence-corrected chi connectivity index (χ3v) is 4.81. The zero-order valence-corrected chi connectivity index (χ0v) is 16.4. The van der Waals surface area contributed by atoms with Crippen molar-refractivity contribution in [3.63, 3.8) is 0 Å². The number of amides is 1. The number of alkyl halides is 3. The molecule has 1 aliphatic rings. The molecular weight excluding hydrogens is 416 g/mol. The maximum absolute atomic E-state index is 13.5. The Morgan fingerprint density at radius 3 is 2.39 bits per heavy atom. The minimum Gasteiger partial charge on any atom is -0.452 e. The lowest BCUT2D eigenvalue weighted by molar-refractivity contribution is -0.148. The quantitative estimate of drug-likeness (QED) is 0.407. The van der Waals surface area contributed by atoms with Crippen LogP contribution in [0.15, 0.2) is 54.6 Å². The van der Waals surface area contributed by atoms with Gasteiger partial charge in [0.1, 0.15) is 5.82 Å². The lowest BCUT2D eigenvalue weighted by atomic mass is 10.1. The molecule has 1 aliphatic heterocycles. The van der Waals surface area contributed by atoms with Crippen molar-refractivity contribution in [2.24, 2.45) is 0 Å². The number of hydrogen-bond acceptors (Lipinski definition) is 4. The first-order valence-corrected chi connectivity index (χ1v) is 9.53. The van der Waals surface area contributed by atoms with Gasteiger partial charge in [-0.25, -0.2) is 9.18 Å². The Kier molecular flexibility index (Phi) is 6.94. The zero-order chi connectivity index (χ0) is 22.4. The maximum Gasteiger partial charge on any atom is 0.416 e. The van der Waals surface area contributed by atoms with Crippen LogP contribution in [0.3, 0.4) is 0 Å². The van der Waals surface area contributed by atoms with Crippen molar-refractivity contribution in [2.45, 2.75) is 6.18 Å². The predicted octanol–water partition coefficient (Wildman–Crippen LogP) is 3.75. The summed E-state index contributed by atoms with van der Waals surface area (Å²) in [5, 5.41) is 0. The van der Waals surface area contributed by atoms with E-state index in [2.05, 4.69) is 0 Å². The van der Waals surface area contributed by atoms with Crippen LogP contribution in [0.25, 0.3) is 6.08 Å². The number of esters is 1. The van der Waals surface area contributed by atoms with Crippen LogP contribution in [0.4, 0.5) is 23.2 Å². The van der Waals surface area contributed by atoms with Gasteiger partial charge in [0.15, 0.2) is 6.61 Å². The van der Waals surface area contributed by atoms with E-state index in [0.29, 0.717) is 18.8 Å². The normalized spacial score (nSPS) is 14.7. The monoisotopic (exact) mass is 436 g/mol. The minimum atomic E-state index is -4.42. The third-order valence-electron chi connectivity index (χ3n) is 4.81. The number of nitrogens with zero attached hydrogens (tertiary/aromatic N) is 2. The van der Waals surface area contributed by atoms with E-state index in [0.717, 1.165) is 18.2 Å². The summed E-state index contributed by atoms with van der Waals surface area (Å²) in [6.45, 7) is 0.821. The van der Waals surface area contributed by atoms with Crippen molar-refractivity contribution in [3.05, 3.63) is 71.6 Å². The number of rotatable bonds is 5. The largest absolute Gasteiger partial charge is 0.452 e. The van der Waals surface area contributed by atoms with E-state index in [1.165, 1.54) is 35.2 Å². The van der Waals surface area contributed by atoms with Gasteiger partial charge in [0.25, 0.3) is 5.91 Å². The molecule has 3 rings (SSSR count). The molecule has 0 unspecified atom stereocenters. The molecule has 9 heteroatoms. The van der Waals surface area contributed by atoms with Crippen LogP contribution in [0.2, 0.25) is 0 Å². The molecule has 0 atom stereocenters. The fourth-order valence-electron chi connectivity index (χ4n) is 3.13. The molecule has 2 aromatic rings. The van der Waals surface area contributed by atoms with E-state index in [1.54, 1.807) is 17.0 Å². The summed E-state index contributed by atoms with van der Waals surface area (Å²) in [6.07, 6.45) is -2.12. The average molecular weight is 436 g/mol. The molecular formula is C22H20F4N2O3.